The van der Waals surface area contributed by atoms with Crippen molar-refractivity contribution < 1.29 is 9.50 Å². The van der Waals surface area contributed by atoms with E-state index in [0.29, 0.717) is 28.0 Å². The molecule has 0 saturated heterocycles. The lowest BCUT2D eigenvalue weighted by Crippen LogP contribution is -2.18. The highest BCUT2D eigenvalue weighted by Gasteiger charge is 2.16. The molecule has 1 N–H and O–H groups in total. The van der Waals surface area contributed by atoms with Gasteiger partial charge in [-0.05, 0) is 36.6 Å². The van der Waals surface area contributed by atoms with Crippen molar-refractivity contribution in [3.8, 4) is 0 Å². The first-order valence-electron chi connectivity index (χ1n) is 6.89. The molecule has 0 bridgehead atoms. The zero-order valence-electron chi connectivity index (χ0n) is 10.9. The van der Waals surface area contributed by atoms with Gasteiger partial charge in [0.25, 0.3) is 0 Å². The van der Waals surface area contributed by atoms with Crippen LogP contribution in [-0.4, -0.2) is 22.2 Å². The van der Waals surface area contributed by atoms with Crippen molar-refractivity contribution in [1.29, 1.82) is 0 Å². The predicted octanol–water partition coefficient (Wildman–Crippen LogP) is 4.45. The van der Waals surface area contributed by atoms with Crippen molar-refractivity contribution in [2.75, 3.05) is 5.75 Å². The minimum absolute atomic E-state index is 0.300. The molecule has 0 aromatic heterocycles. The zero-order chi connectivity index (χ0) is 13.7. The van der Waals surface area contributed by atoms with Gasteiger partial charge in [-0.2, -0.15) is 11.8 Å². The van der Waals surface area contributed by atoms with E-state index in [-0.39, 0.29) is 5.82 Å². The number of halogens is 2. The number of rotatable bonds is 5. The topological polar surface area (TPSA) is 20.2 Å². The molecule has 0 radical (unpaired) electrons. The molecule has 1 atom stereocenters. The lowest BCUT2D eigenvalue weighted by atomic mass is 10.0. The van der Waals surface area contributed by atoms with Crippen molar-refractivity contribution in [3.63, 3.8) is 0 Å². The Balaban J connectivity index is 1.80. The van der Waals surface area contributed by atoms with Crippen LogP contribution >= 0.6 is 23.4 Å². The summed E-state index contributed by atoms with van der Waals surface area (Å²) in [6, 6.07) is 4.30. The third-order valence-corrected chi connectivity index (χ3v) is 5.43. The standard InChI is InChI=1S/C15H20ClFOS/c16-15-7-6-12(17)8-11(15)9-13(18)10-19-14-4-2-1-3-5-14/h6-8,13-14,18H,1-5,9-10H2. The van der Waals surface area contributed by atoms with E-state index in [1.54, 1.807) is 6.07 Å². The number of hydrogen-bond acceptors (Lipinski definition) is 2. The Bertz CT molecular complexity index is 407. The number of thioether (sulfide) groups is 1. The molecule has 19 heavy (non-hydrogen) atoms. The summed E-state index contributed by atoms with van der Waals surface area (Å²) < 4.78 is 13.1. The quantitative estimate of drug-likeness (QED) is 0.867. The molecule has 1 aromatic rings. The summed E-state index contributed by atoms with van der Waals surface area (Å²) in [4.78, 5) is 0. The molecule has 4 heteroatoms. The minimum Gasteiger partial charge on any atom is -0.392 e. The maximum absolute atomic E-state index is 13.1. The van der Waals surface area contributed by atoms with Crippen molar-refractivity contribution >= 4 is 23.4 Å². The maximum atomic E-state index is 13.1. The monoisotopic (exact) mass is 302 g/mol. The fourth-order valence-corrected chi connectivity index (χ4v) is 3.97. The van der Waals surface area contributed by atoms with Gasteiger partial charge in [-0.3, -0.25) is 0 Å². The van der Waals surface area contributed by atoms with Crippen LogP contribution in [0.5, 0.6) is 0 Å². The van der Waals surface area contributed by atoms with E-state index in [1.807, 2.05) is 11.8 Å². The highest BCUT2D eigenvalue weighted by atomic mass is 35.5. The van der Waals surface area contributed by atoms with Crippen LogP contribution in [0.4, 0.5) is 4.39 Å². The van der Waals surface area contributed by atoms with Crippen molar-refractivity contribution in [3.05, 3.63) is 34.6 Å². The van der Waals surface area contributed by atoms with Crippen LogP contribution in [0.15, 0.2) is 18.2 Å². The fraction of sp³-hybridized carbons (Fsp3) is 0.600. The van der Waals surface area contributed by atoms with Gasteiger partial charge in [0.15, 0.2) is 0 Å². The highest BCUT2D eigenvalue weighted by molar-refractivity contribution is 7.99. The van der Waals surface area contributed by atoms with Crippen LogP contribution in [0.25, 0.3) is 0 Å². The van der Waals surface area contributed by atoms with Crippen LogP contribution in [0.1, 0.15) is 37.7 Å². The van der Waals surface area contributed by atoms with Gasteiger partial charge in [-0.15, -0.1) is 0 Å². The Morgan fingerprint density at radius 1 is 1.32 bits per heavy atom. The first-order chi connectivity index (χ1) is 9.15. The Morgan fingerprint density at radius 3 is 2.79 bits per heavy atom. The smallest absolute Gasteiger partial charge is 0.123 e. The lowest BCUT2D eigenvalue weighted by Gasteiger charge is -2.22. The van der Waals surface area contributed by atoms with Gasteiger partial charge in [0.1, 0.15) is 5.82 Å². The van der Waals surface area contributed by atoms with Gasteiger partial charge in [-0.1, -0.05) is 30.9 Å². The summed E-state index contributed by atoms with van der Waals surface area (Å²) >= 11 is 7.85. The van der Waals surface area contributed by atoms with E-state index in [0.717, 1.165) is 0 Å². The zero-order valence-corrected chi connectivity index (χ0v) is 12.5. The molecule has 1 saturated carbocycles. The molecule has 1 fully saturated rings. The number of aliphatic hydroxyl groups excluding tert-OH is 1. The first kappa shape index (κ1) is 15.1. The molecule has 1 aliphatic rings. The van der Waals surface area contributed by atoms with E-state index in [4.69, 9.17) is 11.6 Å². The van der Waals surface area contributed by atoms with Crippen LogP contribution in [0, 0.1) is 5.82 Å². The molecular formula is C15H20ClFOS. The predicted molar refractivity (Wildman–Crippen MR) is 80.5 cm³/mol. The Hall–Kier alpha value is -0.250. The summed E-state index contributed by atoms with van der Waals surface area (Å²) in [7, 11) is 0. The maximum Gasteiger partial charge on any atom is 0.123 e. The molecule has 0 heterocycles. The summed E-state index contributed by atoms with van der Waals surface area (Å²) in [6.45, 7) is 0. The first-order valence-corrected chi connectivity index (χ1v) is 8.31. The summed E-state index contributed by atoms with van der Waals surface area (Å²) in [6.07, 6.45) is 6.46. The minimum atomic E-state index is -0.453. The van der Waals surface area contributed by atoms with Crippen LogP contribution in [0.2, 0.25) is 5.02 Å². The third-order valence-electron chi connectivity index (χ3n) is 3.54. The second-order valence-electron chi connectivity index (χ2n) is 5.19. The van der Waals surface area contributed by atoms with E-state index < -0.39 is 6.10 Å². The van der Waals surface area contributed by atoms with Gasteiger partial charge in [-0.25, -0.2) is 4.39 Å². The number of hydrogen-bond donors (Lipinski definition) is 1. The molecule has 1 aromatic carbocycles. The van der Waals surface area contributed by atoms with Crippen LogP contribution in [-0.2, 0) is 6.42 Å². The molecule has 0 spiro atoms. The number of benzene rings is 1. The Morgan fingerprint density at radius 2 is 2.05 bits per heavy atom. The van der Waals surface area contributed by atoms with Gasteiger partial charge in [0.05, 0.1) is 6.10 Å². The third kappa shape index (κ3) is 4.97. The molecule has 1 unspecified atom stereocenters. The highest BCUT2D eigenvalue weighted by Crippen LogP contribution is 2.29. The number of aliphatic hydroxyl groups is 1. The molecule has 0 aliphatic heterocycles. The molecule has 1 aliphatic carbocycles. The van der Waals surface area contributed by atoms with Crippen molar-refractivity contribution in [2.45, 2.75) is 49.9 Å². The van der Waals surface area contributed by atoms with E-state index in [1.165, 1.54) is 44.2 Å². The molecular weight excluding hydrogens is 283 g/mol. The summed E-state index contributed by atoms with van der Waals surface area (Å²) in [5.74, 6) is 0.406. The second kappa shape index (κ2) is 7.51. The van der Waals surface area contributed by atoms with Gasteiger partial charge >= 0.3 is 0 Å². The SMILES string of the molecule is OC(CSC1CCCCC1)Cc1cc(F)ccc1Cl. The van der Waals surface area contributed by atoms with Crippen LogP contribution < -0.4 is 0 Å². The summed E-state index contributed by atoms with van der Waals surface area (Å²) in [5, 5.41) is 11.3. The van der Waals surface area contributed by atoms with Crippen molar-refractivity contribution in [1.82, 2.24) is 0 Å². The Labute approximate surface area is 123 Å². The van der Waals surface area contributed by atoms with E-state index in [2.05, 4.69) is 0 Å². The lowest BCUT2D eigenvalue weighted by molar-refractivity contribution is 0.200. The van der Waals surface area contributed by atoms with Gasteiger partial charge in [0, 0.05) is 22.4 Å². The Kier molecular flexibility index (Phi) is 5.99. The van der Waals surface area contributed by atoms with E-state index in [9.17, 15) is 9.50 Å². The van der Waals surface area contributed by atoms with Gasteiger partial charge in [0.2, 0.25) is 0 Å². The fourth-order valence-electron chi connectivity index (χ4n) is 2.49. The van der Waals surface area contributed by atoms with Crippen molar-refractivity contribution in [2.24, 2.45) is 0 Å². The second-order valence-corrected chi connectivity index (χ2v) is 6.93. The largest absolute Gasteiger partial charge is 0.392 e. The molecule has 2 rings (SSSR count). The van der Waals surface area contributed by atoms with Crippen LogP contribution in [0.3, 0.4) is 0 Å². The summed E-state index contributed by atoms with van der Waals surface area (Å²) in [5.41, 5.74) is 0.693. The average molecular weight is 303 g/mol. The molecule has 106 valence electrons. The average Bonchev–Trinajstić information content (AvgIpc) is 2.42. The normalized spacial score (nSPS) is 18.5. The van der Waals surface area contributed by atoms with E-state index >= 15 is 0 Å². The molecule has 0 amide bonds. The molecule has 1 nitrogen and oxygen atoms in total. The van der Waals surface area contributed by atoms with Gasteiger partial charge < -0.3 is 5.11 Å².